The molecule has 1 heterocycles. The molecule has 2 N–H and O–H groups in total. The number of benzene rings is 2. The van der Waals surface area contributed by atoms with Crippen molar-refractivity contribution in [3.05, 3.63) is 59.3 Å². The number of carboxylic acids is 1. The van der Waals surface area contributed by atoms with Crippen LogP contribution in [0.3, 0.4) is 0 Å². The van der Waals surface area contributed by atoms with Crippen molar-refractivity contribution >= 4 is 17.5 Å². The topological polar surface area (TPSA) is 76.4 Å². The van der Waals surface area contributed by atoms with Gasteiger partial charge in [0.2, 0.25) is 0 Å². The van der Waals surface area contributed by atoms with Crippen LogP contribution in [0.1, 0.15) is 49.3 Å². The molecular formula is C24H29N3O3. The average Bonchev–Trinajstić information content (AvgIpc) is 3.05. The van der Waals surface area contributed by atoms with Crippen LogP contribution >= 0.6 is 0 Å². The van der Waals surface area contributed by atoms with Crippen LogP contribution in [-0.4, -0.2) is 28.0 Å². The molecule has 0 aliphatic carbocycles. The van der Waals surface area contributed by atoms with Gasteiger partial charge in [-0.15, -0.1) is 0 Å². The molecule has 0 aliphatic rings. The molecule has 158 valence electrons. The molecule has 0 bridgehead atoms. The number of carbonyl (C=O) groups is 1. The molecule has 0 saturated carbocycles. The second-order valence-electron chi connectivity index (χ2n) is 8.34. The largest absolute Gasteiger partial charge is 0.497 e. The molecule has 6 nitrogen and oxygen atoms in total. The minimum Gasteiger partial charge on any atom is -0.497 e. The van der Waals surface area contributed by atoms with Crippen molar-refractivity contribution < 1.29 is 14.6 Å². The lowest BCUT2D eigenvalue weighted by atomic mass is 9.87. The number of nitrogens with one attached hydrogen (secondary N) is 1. The van der Waals surface area contributed by atoms with Gasteiger partial charge in [-0.2, -0.15) is 5.10 Å². The van der Waals surface area contributed by atoms with Gasteiger partial charge in [0.1, 0.15) is 11.6 Å². The van der Waals surface area contributed by atoms with Gasteiger partial charge in [-0.05, 0) is 41.8 Å². The number of rotatable bonds is 6. The predicted molar refractivity (Wildman–Crippen MR) is 120 cm³/mol. The van der Waals surface area contributed by atoms with Crippen LogP contribution in [0, 0.1) is 0 Å². The highest BCUT2D eigenvalue weighted by atomic mass is 16.5. The van der Waals surface area contributed by atoms with Gasteiger partial charge in [0.15, 0.2) is 0 Å². The van der Waals surface area contributed by atoms with Crippen LogP contribution in [0.2, 0.25) is 0 Å². The van der Waals surface area contributed by atoms with Gasteiger partial charge < -0.3 is 15.2 Å². The van der Waals surface area contributed by atoms with E-state index < -0.39 is 5.97 Å². The van der Waals surface area contributed by atoms with Crippen molar-refractivity contribution in [1.29, 1.82) is 0 Å². The summed E-state index contributed by atoms with van der Waals surface area (Å²) < 4.78 is 7.07. The molecule has 0 unspecified atom stereocenters. The van der Waals surface area contributed by atoms with Crippen LogP contribution in [0.25, 0.3) is 11.1 Å². The van der Waals surface area contributed by atoms with Crippen molar-refractivity contribution in [2.75, 3.05) is 12.4 Å². The average molecular weight is 408 g/mol. The number of hydrogen-bond donors (Lipinski definition) is 2. The van der Waals surface area contributed by atoms with E-state index in [4.69, 9.17) is 9.84 Å². The molecule has 6 heteroatoms. The molecule has 0 radical (unpaired) electrons. The maximum atomic E-state index is 11.9. The number of carboxylic acid groups (broad SMARTS) is 1. The third kappa shape index (κ3) is 4.17. The van der Waals surface area contributed by atoms with E-state index in [1.54, 1.807) is 17.9 Å². The first-order chi connectivity index (χ1) is 14.2. The Morgan fingerprint density at radius 2 is 1.83 bits per heavy atom. The van der Waals surface area contributed by atoms with Crippen LogP contribution < -0.4 is 10.1 Å². The lowest BCUT2D eigenvalue weighted by Crippen LogP contribution is -2.13. The number of ether oxygens (including phenoxy) is 1. The Morgan fingerprint density at radius 3 is 2.37 bits per heavy atom. The number of aromatic nitrogens is 2. The van der Waals surface area contributed by atoms with Crippen molar-refractivity contribution in [1.82, 2.24) is 9.78 Å². The Labute approximate surface area is 177 Å². The molecule has 2 aromatic carbocycles. The number of anilines is 2. The zero-order valence-corrected chi connectivity index (χ0v) is 18.4. The Morgan fingerprint density at radius 1 is 1.17 bits per heavy atom. The third-order valence-electron chi connectivity index (χ3n) is 5.11. The molecule has 3 aromatic rings. The van der Waals surface area contributed by atoms with Gasteiger partial charge in [-0.25, -0.2) is 4.79 Å². The van der Waals surface area contributed by atoms with E-state index in [-0.39, 0.29) is 11.0 Å². The van der Waals surface area contributed by atoms with Gasteiger partial charge in [-0.1, -0.05) is 45.9 Å². The van der Waals surface area contributed by atoms with Crippen LogP contribution in [0.5, 0.6) is 5.75 Å². The summed E-state index contributed by atoms with van der Waals surface area (Å²) in [6.45, 7) is 8.35. The number of nitrogens with zero attached hydrogens (tertiary/aromatic N) is 2. The molecule has 0 saturated heterocycles. The standard InChI is InChI=1S/C24H29N3O3/c1-7-15-8-13-19(18(14-15)23(28)29)25-22-20(16-9-11-17(30-6)12-10-16)21(24(2,3)4)26-27(22)5/h8-14,25H,7H2,1-6H3,(H,28,29). The number of hydrogen-bond acceptors (Lipinski definition) is 4. The van der Waals surface area contributed by atoms with Crippen LogP contribution in [0.4, 0.5) is 11.5 Å². The summed E-state index contributed by atoms with van der Waals surface area (Å²) in [5, 5.41) is 17.9. The van der Waals surface area contributed by atoms with Crippen molar-refractivity contribution in [3.63, 3.8) is 0 Å². The number of methoxy groups -OCH3 is 1. The van der Waals surface area contributed by atoms with Crippen molar-refractivity contribution in [2.45, 2.75) is 39.5 Å². The Hall–Kier alpha value is -3.28. The zero-order valence-electron chi connectivity index (χ0n) is 18.4. The van der Waals surface area contributed by atoms with E-state index in [1.165, 1.54) is 0 Å². The summed E-state index contributed by atoms with van der Waals surface area (Å²) in [5.41, 5.74) is 4.43. The quantitative estimate of drug-likeness (QED) is 0.572. The van der Waals surface area contributed by atoms with Gasteiger partial charge in [0.25, 0.3) is 0 Å². The van der Waals surface area contributed by atoms with Gasteiger partial charge in [-0.3, -0.25) is 4.68 Å². The summed E-state index contributed by atoms with van der Waals surface area (Å²) in [4.78, 5) is 11.9. The summed E-state index contributed by atoms with van der Waals surface area (Å²) >= 11 is 0. The molecule has 30 heavy (non-hydrogen) atoms. The second kappa shape index (κ2) is 8.22. The summed E-state index contributed by atoms with van der Waals surface area (Å²) in [6.07, 6.45) is 0.775. The lowest BCUT2D eigenvalue weighted by molar-refractivity contribution is 0.0698. The predicted octanol–water partition coefficient (Wildman–Crippen LogP) is 5.40. The van der Waals surface area contributed by atoms with Crippen molar-refractivity contribution in [3.8, 4) is 16.9 Å². The maximum absolute atomic E-state index is 11.9. The Bertz CT molecular complexity index is 1060. The summed E-state index contributed by atoms with van der Waals surface area (Å²) in [7, 11) is 3.51. The summed E-state index contributed by atoms with van der Waals surface area (Å²) in [6, 6.07) is 13.3. The molecule has 1 aromatic heterocycles. The third-order valence-corrected chi connectivity index (χ3v) is 5.11. The highest BCUT2D eigenvalue weighted by molar-refractivity contribution is 5.96. The normalized spacial score (nSPS) is 11.4. The minimum absolute atomic E-state index is 0.200. The van der Waals surface area contributed by atoms with Gasteiger partial charge in [0.05, 0.1) is 24.1 Å². The smallest absolute Gasteiger partial charge is 0.337 e. The molecule has 0 atom stereocenters. The molecule has 0 amide bonds. The monoisotopic (exact) mass is 407 g/mol. The highest BCUT2D eigenvalue weighted by Gasteiger charge is 2.27. The molecule has 0 fully saturated rings. The fourth-order valence-electron chi connectivity index (χ4n) is 3.45. The fraction of sp³-hybridized carbons (Fsp3) is 0.333. The zero-order chi connectivity index (χ0) is 22.1. The Balaban J connectivity index is 2.18. The summed E-state index contributed by atoms with van der Waals surface area (Å²) in [5.74, 6) is 0.562. The van der Waals surface area contributed by atoms with E-state index in [0.29, 0.717) is 5.69 Å². The first kappa shape index (κ1) is 21.4. The number of aromatic carboxylic acids is 1. The maximum Gasteiger partial charge on any atom is 0.337 e. The molecule has 3 rings (SSSR count). The molecule has 0 spiro atoms. The van der Waals surface area contributed by atoms with E-state index in [0.717, 1.165) is 40.4 Å². The second-order valence-corrected chi connectivity index (χ2v) is 8.34. The van der Waals surface area contributed by atoms with Gasteiger partial charge >= 0.3 is 5.97 Å². The van der Waals surface area contributed by atoms with E-state index in [2.05, 4.69) is 26.1 Å². The van der Waals surface area contributed by atoms with Gasteiger partial charge in [0, 0.05) is 18.0 Å². The lowest BCUT2D eigenvalue weighted by Gasteiger charge is -2.19. The molecular weight excluding hydrogens is 378 g/mol. The number of aryl methyl sites for hydroxylation is 2. The van der Waals surface area contributed by atoms with E-state index in [1.807, 2.05) is 50.4 Å². The highest BCUT2D eigenvalue weighted by Crippen LogP contribution is 2.40. The van der Waals surface area contributed by atoms with Crippen molar-refractivity contribution in [2.24, 2.45) is 7.05 Å². The van der Waals surface area contributed by atoms with Crippen LogP contribution in [0.15, 0.2) is 42.5 Å². The molecule has 0 aliphatic heterocycles. The Kier molecular flexibility index (Phi) is 5.87. The van der Waals surface area contributed by atoms with Crippen LogP contribution in [-0.2, 0) is 18.9 Å². The van der Waals surface area contributed by atoms with E-state index in [9.17, 15) is 9.90 Å². The SMILES string of the molecule is CCc1ccc(Nc2c(-c3ccc(OC)cc3)c(C(C)(C)C)nn2C)c(C(=O)O)c1. The van der Waals surface area contributed by atoms with E-state index >= 15 is 0 Å². The fourth-order valence-corrected chi connectivity index (χ4v) is 3.45. The first-order valence-corrected chi connectivity index (χ1v) is 10.0. The minimum atomic E-state index is -0.961. The first-order valence-electron chi connectivity index (χ1n) is 10.0.